The number of aromatic nitrogens is 2. The summed E-state index contributed by atoms with van der Waals surface area (Å²) in [6.07, 6.45) is 1.54. The van der Waals surface area contributed by atoms with Crippen LogP contribution in [0, 0.1) is 11.6 Å². The van der Waals surface area contributed by atoms with E-state index in [4.69, 9.17) is 28.9 Å². The maximum absolute atomic E-state index is 14.0. The van der Waals surface area contributed by atoms with E-state index < -0.39 is 11.6 Å². The summed E-state index contributed by atoms with van der Waals surface area (Å²) >= 11 is 12.2. The predicted octanol–water partition coefficient (Wildman–Crippen LogP) is 5.20. The Balaban J connectivity index is 2.07. The van der Waals surface area contributed by atoms with Gasteiger partial charge in [-0.15, -0.1) is 0 Å². The molecule has 3 rings (SSSR count). The SMILES string of the molecule is CC(N)c1c(-c2ccc(Cl)cc2Cl)ncn1Cc1cc(F)ccc1F. The fourth-order valence-corrected chi connectivity index (χ4v) is 3.23. The second-order valence-corrected chi connectivity index (χ2v) is 6.60. The predicted molar refractivity (Wildman–Crippen MR) is 95.7 cm³/mol. The van der Waals surface area contributed by atoms with Crippen molar-refractivity contribution in [2.24, 2.45) is 5.73 Å². The standard InChI is InChI=1S/C18H15Cl2F2N3/c1-10(23)18-17(14-4-2-12(19)7-15(14)20)24-9-25(18)8-11-6-13(21)3-5-16(11)22/h2-7,9-10H,8,23H2,1H3. The molecule has 0 amide bonds. The molecule has 2 aromatic carbocycles. The number of benzene rings is 2. The van der Waals surface area contributed by atoms with Crippen molar-refractivity contribution in [3.05, 3.63) is 75.7 Å². The van der Waals surface area contributed by atoms with Crippen molar-refractivity contribution < 1.29 is 8.78 Å². The molecule has 0 radical (unpaired) electrons. The molecule has 3 nitrogen and oxygen atoms in total. The van der Waals surface area contributed by atoms with Crippen LogP contribution < -0.4 is 5.73 Å². The third-order valence-electron chi connectivity index (χ3n) is 3.84. The number of hydrogen-bond donors (Lipinski definition) is 1. The van der Waals surface area contributed by atoms with Crippen LogP contribution in [0.3, 0.4) is 0 Å². The van der Waals surface area contributed by atoms with Crippen LogP contribution in [0.4, 0.5) is 8.78 Å². The molecule has 0 aliphatic carbocycles. The summed E-state index contributed by atoms with van der Waals surface area (Å²) in [5.41, 5.74) is 8.26. The van der Waals surface area contributed by atoms with Gasteiger partial charge < -0.3 is 10.3 Å². The topological polar surface area (TPSA) is 43.8 Å². The molecule has 1 aromatic heterocycles. The van der Waals surface area contributed by atoms with Gasteiger partial charge in [0.05, 0.1) is 29.3 Å². The molecule has 3 aromatic rings. The Morgan fingerprint density at radius 2 is 1.92 bits per heavy atom. The summed E-state index contributed by atoms with van der Waals surface area (Å²) in [5, 5.41) is 0.953. The Bertz CT molecular complexity index is 923. The van der Waals surface area contributed by atoms with E-state index in [0.717, 1.165) is 18.2 Å². The maximum atomic E-state index is 14.0. The minimum Gasteiger partial charge on any atom is -0.328 e. The Labute approximate surface area is 154 Å². The van der Waals surface area contributed by atoms with E-state index in [1.54, 1.807) is 36.0 Å². The first kappa shape index (κ1) is 17.9. The van der Waals surface area contributed by atoms with Crippen molar-refractivity contribution in [2.45, 2.75) is 19.5 Å². The first-order valence-electron chi connectivity index (χ1n) is 7.56. The Hall–Kier alpha value is -1.95. The second-order valence-electron chi connectivity index (χ2n) is 5.75. The molecule has 130 valence electrons. The van der Waals surface area contributed by atoms with Crippen LogP contribution in [0.1, 0.15) is 24.2 Å². The Kier molecular flexibility index (Phi) is 5.08. The van der Waals surface area contributed by atoms with Crippen molar-refractivity contribution in [2.75, 3.05) is 0 Å². The Morgan fingerprint density at radius 1 is 1.16 bits per heavy atom. The van der Waals surface area contributed by atoms with E-state index >= 15 is 0 Å². The molecule has 0 fully saturated rings. The lowest BCUT2D eigenvalue weighted by molar-refractivity contribution is 0.570. The first-order valence-corrected chi connectivity index (χ1v) is 8.32. The molecular formula is C18H15Cl2F2N3. The van der Waals surface area contributed by atoms with Crippen LogP contribution in [0.5, 0.6) is 0 Å². The highest BCUT2D eigenvalue weighted by atomic mass is 35.5. The van der Waals surface area contributed by atoms with E-state index in [0.29, 0.717) is 27.0 Å². The number of halogens is 4. The van der Waals surface area contributed by atoms with Gasteiger partial charge in [0.25, 0.3) is 0 Å². The number of imidazole rings is 1. The lowest BCUT2D eigenvalue weighted by Gasteiger charge is -2.14. The van der Waals surface area contributed by atoms with Gasteiger partial charge in [-0.2, -0.15) is 0 Å². The molecule has 0 aliphatic rings. The molecule has 1 heterocycles. The largest absolute Gasteiger partial charge is 0.328 e. The van der Waals surface area contributed by atoms with Gasteiger partial charge in [0, 0.05) is 22.2 Å². The minimum atomic E-state index is -0.500. The highest BCUT2D eigenvalue weighted by Gasteiger charge is 2.19. The molecule has 0 saturated carbocycles. The molecule has 0 bridgehead atoms. The van der Waals surface area contributed by atoms with Crippen LogP contribution in [0.2, 0.25) is 10.0 Å². The van der Waals surface area contributed by atoms with Gasteiger partial charge >= 0.3 is 0 Å². The maximum Gasteiger partial charge on any atom is 0.128 e. The fourth-order valence-electron chi connectivity index (χ4n) is 2.73. The van der Waals surface area contributed by atoms with Crippen molar-refractivity contribution in [1.82, 2.24) is 9.55 Å². The highest BCUT2D eigenvalue weighted by molar-refractivity contribution is 6.36. The summed E-state index contributed by atoms with van der Waals surface area (Å²) in [7, 11) is 0. The summed E-state index contributed by atoms with van der Waals surface area (Å²) in [6.45, 7) is 1.90. The molecular weight excluding hydrogens is 367 g/mol. The van der Waals surface area contributed by atoms with E-state index in [9.17, 15) is 8.78 Å². The zero-order valence-corrected chi connectivity index (χ0v) is 14.8. The highest BCUT2D eigenvalue weighted by Crippen LogP contribution is 2.33. The Morgan fingerprint density at radius 3 is 2.60 bits per heavy atom. The summed E-state index contributed by atoms with van der Waals surface area (Å²) < 4.78 is 29.1. The van der Waals surface area contributed by atoms with E-state index in [2.05, 4.69) is 4.98 Å². The third-order valence-corrected chi connectivity index (χ3v) is 4.39. The van der Waals surface area contributed by atoms with E-state index in [1.807, 2.05) is 0 Å². The van der Waals surface area contributed by atoms with Gasteiger partial charge in [-0.25, -0.2) is 13.8 Å². The normalized spacial score (nSPS) is 12.4. The van der Waals surface area contributed by atoms with Gasteiger partial charge in [-0.1, -0.05) is 23.2 Å². The molecule has 0 spiro atoms. The van der Waals surface area contributed by atoms with Gasteiger partial charge in [0.15, 0.2) is 0 Å². The van der Waals surface area contributed by atoms with Gasteiger partial charge in [-0.05, 0) is 43.3 Å². The quantitative estimate of drug-likeness (QED) is 0.674. The molecule has 7 heteroatoms. The molecule has 0 saturated heterocycles. The summed E-state index contributed by atoms with van der Waals surface area (Å²) in [6, 6.07) is 8.04. The molecule has 1 atom stereocenters. The fraction of sp³-hybridized carbons (Fsp3) is 0.167. The van der Waals surface area contributed by atoms with Gasteiger partial charge in [0.1, 0.15) is 11.6 Å². The van der Waals surface area contributed by atoms with Crippen LogP contribution in [-0.4, -0.2) is 9.55 Å². The lowest BCUT2D eigenvalue weighted by atomic mass is 10.1. The van der Waals surface area contributed by atoms with Crippen LogP contribution in [-0.2, 0) is 6.54 Å². The van der Waals surface area contributed by atoms with Crippen molar-refractivity contribution >= 4 is 23.2 Å². The molecule has 0 aliphatic heterocycles. The van der Waals surface area contributed by atoms with Crippen LogP contribution in [0.25, 0.3) is 11.3 Å². The number of hydrogen-bond acceptors (Lipinski definition) is 2. The zero-order valence-electron chi connectivity index (χ0n) is 13.3. The second kappa shape index (κ2) is 7.12. The average molecular weight is 382 g/mol. The average Bonchev–Trinajstić information content (AvgIpc) is 2.94. The van der Waals surface area contributed by atoms with E-state index in [-0.39, 0.29) is 18.2 Å². The zero-order chi connectivity index (χ0) is 18.1. The lowest BCUT2D eigenvalue weighted by Crippen LogP contribution is -2.14. The van der Waals surface area contributed by atoms with Gasteiger partial charge in [-0.3, -0.25) is 0 Å². The summed E-state index contributed by atoms with van der Waals surface area (Å²) in [4.78, 5) is 4.39. The number of rotatable bonds is 4. The van der Waals surface area contributed by atoms with Gasteiger partial charge in [0.2, 0.25) is 0 Å². The molecule has 1 unspecified atom stereocenters. The third kappa shape index (κ3) is 3.68. The summed E-state index contributed by atoms with van der Waals surface area (Å²) in [5.74, 6) is -0.989. The van der Waals surface area contributed by atoms with Crippen LogP contribution in [0.15, 0.2) is 42.7 Å². The van der Waals surface area contributed by atoms with Crippen molar-refractivity contribution in [3.8, 4) is 11.3 Å². The number of nitrogens with zero attached hydrogens (tertiary/aromatic N) is 2. The van der Waals surface area contributed by atoms with Crippen molar-refractivity contribution in [1.29, 1.82) is 0 Å². The number of nitrogens with two attached hydrogens (primary N) is 1. The van der Waals surface area contributed by atoms with Crippen molar-refractivity contribution in [3.63, 3.8) is 0 Å². The van der Waals surface area contributed by atoms with E-state index in [1.165, 1.54) is 0 Å². The smallest absolute Gasteiger partial charge is 0.128 e. The monoisotopic (exact) mass is 381 g/mol. The minimum absolute atomic E-state index is 0.110. The molecule has 25 heavy (non-hydrogen) atoms. The van der Waals surface area contributed by atoms with Crippen LogP contribution >= 0.6 is 23.2 Å². The first-order chi connectivity index (χ1) is 11.9. The molecule has 2 N–H and O–H groups in total.